The van der Waals surface area contributed by atoms with E-state index in [1.54, 1.807) is 0 Å². The second-order valence-electron chi connectivity index (χ2n) is 9.15. The molecule has 164 valence electrons. The number of nitrogens with one attached hydrogen (secondary N) is 1. The van der Waals surface area contributed by atoms with Gasteiger partial charge in [-0.25, -0.2) is 0 Å². The highest BCUT2D eigenvalue weighted by Crippen LogP contribution is 2.27. The molecule has 0 unspecified atom stereocenters. The SMILES string of the molecule is C[C@H](CCNC(=O)C1CCN(Cc2cn(C)c3ccc(Cl)cc23)CC1)N1CCCC1. The molecule has 0 radical (unpaired) electrons. The van der Waals surface area contributed by atoms with Crippen molar-refractivity contribution in [3.63, 3.8) is 0 Å². The summed E-state index contributed by atoms with van der Waals surface area (Å²) in [6.45, 7) is 8.38. The summed E-state index contributed by atoms with van der Waals surface area (Å²) in [5, 5.41) is 5.22. The molecule has 5 nitrogen and oxygen atoms in total. The highest BCUT2D eigenvalue weighted by atomic mass is 35.5. The quantitative estimate of drug-likeness (QED) is 0.720. The summed E-state index contributed by atoms with van der Waals surface area (Å²) in [5.41, 5.74) is 2.53. The van der Waals surface area contributed by atoms with Crippen molar-refractivity contribution >= 4 is 28.4 Å². The van der Waals surface area contributed by atoms with Crippen LogP contribution in [-0.4, -0.2) is 59.0 Å². The van der Waals surface area contributed by atoms with Gasteiger partial charge in [-0.15, -0.1) is 0 Å². The largest absolute Gasteiger partial charge is 0.356 e. The summed E-state index contributed by atoms with van der Waals surface area (Å²) in [4.78, 5) is 17.6. The molecule has 1 amide bonds. The van der Waals surface area contributed by atoms with Crippen LogP contribution < -0.4 is 5.32 Å². The van der Waals surface area contributed by atoms with Crippen molar-refractivity contribution in [1.82, 2.24) is 19.7 Å². The number of nitrogens with zero attached hydrogens (tertiary/aromatic N) is 3. The Morgan fingerprint density at radius 2 is 1.93 bits per heavy atom. The average molecular weight is 431 g/mol. The number of amides is 1. The third-order valence-electron chi connectivity index (χ3n) is 7.01. The number of aryl methyl sites for hydroxylation is 1. The van der Waals surface area contributed by atoms with E-state index < -0.39 is 0 Å². The lowest BCUT2D eigenvalue weighted by atomic mass is 9.95. The van der Waals surface area contributed by atoms with Gasteiger partial charge in [-0.2, -0.15) is 0 Å². The molecule has 1 atom stereocenters. The summed E-state index contributed by atoms with van der Waals surface area (Å²) in [5.74, 6) is 0.408. The second-order valence-corrected chi connectivity index (χ2v) is 9.59. The lowest BCUT2D eigenvalue weighted by Crippen LogP contribution is -2.41. The molecular weight excluding hydrogens is 396 g/mol. The van der Waals surface area contributed by atoms with Gasteiger partial charge in [0.25, 0.3) is 0 Å². The molecule has 2 aromatic rings. The Hall–Kier alpha value is -1.56. The number of halogens is 1. The molecule has 2 aliphatic rings. The third-order valence-corrected chi connectivity index (χ3v) is 7.25. The van der Waals surface area contributed by atoms with Crippen molar-refractivity contribution in [3.8, 4) is 0 Å². The van der Waals surface area contributed by atoms with Gasteiger partial charge in [0.2, 0.25) is 5.91 Å². The van der Waals surface area contributed by atoms with Crippen LogP contribution in [0.3, 0.4) is 0 Å². The zero-order valence-electron chi connectivity index (χ0n) is 18.4. The number of hydrogen-bond donors (Lipinski definition) is 1. The van der Waals surface area contributed by atoms with E-state index in [2.05, 4.69) is 52.0 Å². The summed E-state index contributed by atoms with van der Waals surface area (Å²) in [6.07, 6.45) is 7.79. The number of likely N-dealkylation sites (tertiary alicyclic amines) is 2. The minimum Gasteiger partial charge on any atom is -0.356 e. The van der Waals surface area contributed by atoms with Crippen LogP contribution in [0, 0.1) is 5.92 Å². The molecule has 4 rings (SSSR count). The smallest absolute Gasteiger partial charge is 0.223 e. The summed E-state index contributed by atoms with van der Waals surface area (Å²) >= 11 is 6.22. The Bertz CT molecular complexity index is 865. The molecule has 2 saturated heterocycles. The molecule has 1 aromatic heterocycles. The Kier molecular flexibility index (Phi) is 7.01. The van der Waals surface area contributed by atoms with Crippen LogP contribution in [0.2, 0.25) is 5.02 Å². The van der Waals surface area contributed by atoms with Gasteiger partial charge in [-0.1, -0.05) is 11.6 Å². The molecular formula is C24H35ClN4O. The number of hydrogen-bond acceptors (Lipinski definition) is 3. The Labute approximate surface area is 185 Å². The van der Waals surface area contributed by atoms with Crippen LogP contribution in [-0.2, 0) is 18.4 Å². The summed E-state index contributed by atoms with van der Waals surface area (Å²) in [7, 11) is 2.08. The predicted octanol–water partition coefficient (Wildman–Crippen LogP) is 4.03. The zero-order chi connectivity index (χ0) is 21.1. The third kappa shape index (κ3) is 5.01. The van der Waals surface area contributed by atoms with Crippen molar-refractivity contribution < 1.29 is 4.79 Å². The minimum absolute atomic E-state index is 0.158. The lowest BCUT2D eigenvalue weighted by molar-refractivity contribution is -0.126. The molecule has 0 spiro atoms. The van der Waals surface area contributed by atoms with Crippen molar-refractivity contribution in [3.05, 3.63) is 35.0 Å². The average Bonchev–Trinajstić information content (AvgIpc) is 3.37. The van der Waals surface area contributed by atoms with Gasteiger partial charge in [0, 0.05) is 54.2 Å². The maximum atomic E-state index is 12.6. The molecule has 2 fully saturated rings. The standard InChI is InChI=1S/C24H35ClN4O/c1-18(29-11-3-4-12-29)7-10-26-24(30)19-8-13-28(14-9-19)17-20-16-27(2)23-6-5-21(25)15-22(20)23/h5-6,15-16,18-19H,3-4,7-14,17H2,1-2H3,(H,26,30)/t18-/m1/s1. The fourth-order valence-electron chi connectivity index (χ4n) is 5.08. The van der Waals surface area contributed by atoms with E-state index in [0.29, 0.717) is 6.04 Å². The number of rotatable bonds is 7. The molecule has 0 aliphatic carbocycles. The van der Waals surface area contributed by atoms with Gasteiger partial charge >= 0.3 is 0 Å². The van der Waals surface area contributed by atoms with Crippen LogP contribution in [0.15, 0.2) is 24.4 Å². The molecule has 3 heterocycles. The van der Waals surface area contributed by atoms with Crippen LogP contribution in [0.1, 0.15) is 44.6 Å². The molecule has 0 bridgehead atoms. The van der Waals surface area contributed by atoms with E-state index in [4.69, 9.17) is 11.6 Å². The van der Waals surface area contributed by atoms with Gasteiger partial charge in [0.1, 0.15) is 0 Å². The normalized spacial score (nSPS) is 20.1. The zero-order valence-corrected chi connectivity index (χ0v) is 19.1. The first-order valence-corrected chi connectivity index (χ1v) is 11.9. The van der Waals surface area contributed by atoms with Gasteiger partial charge in [-0.05, 0) is 89.0 Å². The molecule has 1 aromatic carbocycles. The minimum atomic E-state index is 0.158. The summed E-state index contributed by atoms with van der Waals surface area (Å²) < 4.78 is 2.17. The molecule has 30 heavy (non-hydrogen) atoms. The van der Waals surface area contributed by atoms with Crippen LogP contribution >= 0.6 is 11.6 Å². The second kappa shape index (κ2) is 9.71. The topological polar surface area (TPSA) is 40.5 Å². The summed E-state index contributed by atoms with van der Waals surface area (Å²) in [6, 6.07) is 6.67. The van der Waals surface area contributed by atoms with Gasteiger partial charge in [-0.3, -0.25) is 9.69 Å². The first-order valence-electron chi connectivity index (χ1n) is 11.5. The predicted molar refractivity (Wildman–Crippen MR) is 124 cm³/mol. The number of carbonyl (C=O) groups excluding carboxylic acids is 1. The van der Waals surface area contributed by atoms with Crippen molar-refractivity contribution in [2.45, 2.75) is 51.6 Å². The van der Waals surface area contributed by atoms with Crippen molar-refractivity contribution in [2.24, 2.45) is 13.0 Å². The van der Waals surface area contributed by atoms with E-state index in [-0.39, 0.29) is 11.8 Å². The first kappa shape index (κ1) is 21.7. The first-order chi connectivity index (χ1) is 14.5. The highest BCUT2D eigenvalue weighted by Gasteiger charge is 2.26. The molecule has 0 saturated carbocycles. The lowest BCUT2D eigenvalue weighted by Gasteiger charge is -2.31. The number of piperidine rings is 1. The number of fused-ring (bicyclic) bond motifs is 1. The van der Waals surface area contributed by atoms with E-state index in [0.717, 1.165) is 50.5 Å². The Balaban J connectivity index is 1.23. The maximum Gasteiger partial charge on any atom is 0.223 e. The van der Waals surface area contributed by atoms with Crippen LogP contribution in [0.25, 0.3) is 10.9 Å². The Morgan fingerprint density at radius 1 is 1.20 bits per heavy atom. The fraction of sp³-hybridized carbons (Fsp3) is 0.625. The number of carbonyl (C=O) groups is 1. The maximum absolute atomic E-state index is 12.6. The van der Waals surface area contributed by atoms with E-state index >= 15 is 0 Å². The van der Waals surface area contributed by atoms with Crippen molar-refractivity contribution in [2.75, 3.05) is 32.7 Å². The van der Waals surface area contributed by atoms with Crippen molar-refractivity contribution in [1.29, 1.82) is 0 Å². The fourth-order valence-corrected chi connectivity index (χ4v) is 5.25. The Morgan fingerprint density at radius 3 is 2.67 bits per heavy atom. The monoisotopic (exact) mass is 430 g/mol. The van der Waals surface area contributed by atoms with E-state index in [9.17, 15) is 4.79 Å². The number of benzene rings is 1. The van der Waals surface area contributed by atoms with E-state index in [1.165, 1.54) is 42.4 Å². The molecule has 1 N–H and O–H groups in total. The van der Waals surface area contributed by atoms with Gasteiger partial charge < -0.3 is 14.8 Å². The molecule has 6 heteroatoms. The van der Waals surface area contributed by atoms with Gasteiger partial charge in [0.15, 0.2) is 0 Å². The van der Waals surface area contributed by atoms with Crippen LogP contribution in [0.5, 0.6) is 0 Å². The van der Waals surface area contributed by atoms with E-state index in [1.807, 2.05) is 6.07 Å². The molecule has 2 aliphatic heterocycles. The van der Waals surface area contributed by atoms with Crippen LogP contribution in [0.4, 0.5) is 0 Å². The number of aromatic nitrogens is 1. The van der Waals surface area contributed by atoms with Gasteiger partial charge in [0.05, 0.1) is 0 Å². The highest BCUT2D eigenvalue weighted by molar-refractivity contribution is 6.31.